The number of carbonyl (C=O) groups excluding carboxylic acids is 1. The van der Waals surface area contributed by atoms with Gasteiger partial charge in [-0.25, -0.2) is 13.8 Å². The van der Waals surface area contributed by atoms with Gasteiger partial charge in [0.2, 0.25) is 0 Å². The summed E-state index contributed by atoms with van der Waals surface area (Å²) in [5.41, 5.74) is 9.84. The molecule has 0 amide bonds. The van der Waals surface area contributed by atoms with Gasteiger partial charge in [0.15, 0.2) is 6.29 Å². The first-order valence-electron chi connectivity index (χ1n) is 3.35. The summed E-state index contributed by atoms with van der Waals surface area (Å²) in [7, 11) is 0. The monoisotopic (exact) mass is 187 g/mol. The van der Waals surface area contributed by atoms with Crippen LogP contribution in [0.2, 0.25) is 0 Å². The number of rotatable bonds is 2. The maximum atomic E-state index is 12.1. The Bertz CT molecular complexity index is 318. The highest BCUT2D eigenvalue weighted by molar-refractivity contribution is 5.89. The Labute approximate surface area is 72.6 Å². The van der Waals surface area contributed by atoms with Gasteiger partial charge in [-0.15, -0.1) is 0 Å². The van der Waals surface area contributed by atoms with Crippen LogP contribution in [-0.2, 0) is 0 Å². The Kier molecular flexibility index (Phi) is 2.41. The first-order chi connectivity index (χ1) is 6.06. The number of aromatic nitrogens is 1. The van der Waals surface area contributed by atoms with Crippen LogP contribution >= 0.6 is 0 Å². The molecule has 0 aromatic carbocycles. The molecule has 1 aromatic heterocycles. The number of nitrogens with zero attached hydrogens (tertiary/aromatic N) is 1. The van der Waals surface area contributed by atoms with Gasteiger partial charge in [0, 0.05) is 5.69 Å². The van der Waals surface area contributed by atoms with E-state index in [1.165, 1.54) is 0 Å². The zero-order valence-electron chi connectivity index (χ0n) is 6.50. The minimum Gasteiger partial charge on any atom is -0.398 e. The van der Waals surface area contributed by atoms with Crippen molar-refractivity contribution in [2.75, 3.05) is 11.5 Å². The lowest BCUT2D eigenvalue weighted by Crippen LogP contribution is -2.05. The highest BCUT2D eigenvalue weighted by Gasteiger charge is 2.13. The normalized spacial score (nSPS) is 10.4. The van der Waals surface area contributed by atoms with E-state index in [1.54, 1.807) is 0 Å². The van der Waals surface area contributed by atoms with Gasteiger partial charge in [0.25, 0.3) is 6.43 Å². The average molecular weight is 187 g/mol. The fraction of sp³-hybridized carbons (Fsp3) is 0.143. The molecule has 0 fully saturated rings. The number of pyridine rings is 1. The number of halogens is 2. The first kappa shape index (κ1) is 9.37. The number of nitrogens with two attached hydrogens (primary N) is 2. The molecular formula is C7H7F2N3O. The zero-order valence-corrected chi connectivity index (χ0v) is 6.50. The van der Waals surface area contributed by atoms with Gasteiger partial charge in [-0.05, 0) is 6.07 Å². The molecule has 0 aliphatic heterocycles. The summed E-state index contributed by atoms with van der Waals surface area (Å²) >= 11 is 0. The summed E-state index contributed by atoms with van der Waals surface area (Å²) in [4.78, 5) is 13.7. The maximum Gasteiger partial charge on any atom is 0.280 e. The molecule has 4 nitrogen and oxygen atoms in total. The Balaban J connectivity index is 3.28. The quantitative estimate of drug-likeness (QED) is 0.676. The lowest BCUT2D eigenvalue weighted by Gasteiger charge is -2.05. The van der Waals surface area contributed by atoms with Crippen molar-refractivity contribution in [3.8, 4) is 0 Å². The summed E-state index contributed by atoms with van der Waals surface area (Å²) in [6.07, 6.45) is -2.36. The fourth-order valence-electron chi connectivity index (χ4n) is 0.857. The predicted octanol–water partition coefficient (Wildman–Crippen LogP) is 0.996. The van der Waals surface area contributed by atoms with Gasteiger partial charge >= 0.3 is 0 Å². The molecule has 0 aliphatic rings. The molecule has 1 heterocycles. The summed E-state index contributed by atoms with van der Waals surface area (Å²) in [6, 6.07) is 0.935. The van der Waals surface area contributed by atoms with E-state index < -0.39 is 12.1 Å². The van der Waals surface area contributed by atoms with E-state index in [0.717, 1.165) is 6.07 Å². The second-order valence-corrected chi connectivity index (χ2v) is 2.35. The minimum absolute atomic E-state index is 0.0515. The van der Waals surface area contributed by atoms with E-state index in [9.17, 15) is 13.6 Å². The summed E-state index contributed by atoms with van der Waals surface area (Å²) < 4.78 is 24.2. The summed E-state index contributed by atoms with van der Waals surface area (Å²) in [6.45, 7) is 0. The molecule has 0 radical (unpaired) electrons. The molecule has 0 aliphatic carbocycles. The lowest BCUT2D eigenvalue weighted by molar-refractivity contribution is 0.112. The van der Waals surface area contributed by atoms with E-state index in [-0.39, 0.29) is 17.1 Å². The molecule has 0 saturated carbocycles. The SMILES string of the molecule is Nc1cc(C(F)F)nc(N)c1C=O. The number of anilines is 2. The van der Waals surface area contributed by atoms with Crippen LogP contribution in [0.5, 0.6) is 0 Å². The van der Waals surface area contributed by atoms with Crippen LogP contribution in [0.15, 0.2) is 6.07 Å². The van der Waals surface area contributed by atoms with Crippen molar-refractivity contribution in [1.29, 1.82) is 0 Å². The Morgan fingerprint density at radius 2 is 2.08 bits per heavy atom. The second kappa shape index (κ2) is 3.34. The van der Waals surface area contributed by atoms with E-state index >= 15 is 0 Å². The molecule has 0 unspecified atom stereocenters. The Morgan fingerprint density at radius 1 is 1.46 bits per heavy atom. The van der Waals surface area contributed by atoms with Crippen LogP contribution in [0, 0.1) is 0 Å². The van der Waals surface area contributed by atoms with Gasteiger partial charge in [0.05, 0.1) is 5.56 Å². The molecule has 0 saturated heterocycles. The average Bonchev–Trinajstić information content (AvgIpc) is 2.03. The van der Waals surface area contributed by atoms with Gasteiger partial charge in [0.1, 0.15) is 11.5 Å². The molecule has 6 heteroatoms. The van der Waals surface area contributed by atoms with Crippen LogP contribution in [0.4, 0.5) is 20.3 Å². The van der Waals surface area contributed by atoms with Gasteiger partial charge in [-0.1, -0.05) is 0 Å². The van der Waals surface area contributed by atoms with Crippen LogP contribution in [0.3, 0.4) is 0 Å². The third-order valence-corrected chi connectivity index (χ3v) is 1.48. The number of alkyl halides is 2. The fourth-order valence-corrected chi connectivity index (χ4v) is 0.857. The Morgan fingerprint density at radius 3 is 2.46 bits per heavy atom. The topological polar surface area (TPSA) is 82.0 Å². The molecule has 1 rings (SSSR count). The number of hydrogen-bond acceptors (Lipinski definition) is 4. The molecule has 4 N–H and O–H groups in total. The minimum atomic E-state index is -2.75. The molecule has 0 bridgehead atoms. The van der Waals surface area contributed by atoms with Crippen molar-refractivity contribution < 1.29 is 13.6 Å². The highest BCUT2D eigenvalue weighted by Crippen LogP contribution is 2.23. The Hall–Kier alpha value is -1.72. The molecular weight excluding hydrogens is 180 g/mol. The third-order valence-electron chi connectivity index (χ3n) is 1.48. The summed E-state index contributed by atoms with van der Waals surface area (Å²) in [5, 5.41) is 0. The molecule has 0 atom stereocenters. The van der Waals surface area contributed by atoms with Crippen LogP contribution in [-0.4, -0.2) is 11.3 Å². The van der Waals surface area contributed by atoms with Gasteiger partial charge in [-0.2, -0.15) is 0 Å². The number of hydrogen-bond donors (Lipinski definition) is 2. The highest BCUT2D eigenvalue weighted by atomic mass is 19.3. The molecule has 70 valence electrons. The predicted molar refractivity (Wildman–Crippen MR) is 43.4 cm³/mol. The van der Waals surface area contributed by atoms with E-state index in [0.29, 0.717) is 6.29 Å². The first-order valence-corrected chi connectivity index (χ1v) is 3.35. The van der Waals surface area contributed by atoms with Gasteiger partial charge < -0.3 is 11.5 Å². The van der Waals surface area contributed by atoms with Crippen molar-refractivity contribution in [3.63, 3.8) is 0 Å². The van der Waals surface area contributed by atoms with Crippen molar-refractivity contribution in [2.24, 2.45) is 0 Å². The van der Waals surface area contributed by atoms with E-state index in [2.05, 4.69) is 4.98 Å². The second-order valence-electron chi connectivity index (χ2n) is 2.35. The number of carbonyl (C=O) groups is 1. The van der Waals surface area contributed by atoms with Crippen LogP contribution < -0.4 is 11.5 Å². The number of aldehydes is 1. The molecule has 0 spiro atoms. The van der Waals surface area contributed by atoms with E-state index in [1.807, 2.05) is 0 Å². The van der Waals surface area contributed by atoms with Gasteiger partial charge in [-0.3, -0.25) is 4.79 Å². The third kappa shape index (κ3) is 1.71. The molecule has 1 aromatic rings. The number of nitrogen functional groups attached to an aromatic ring is 2. The van der Waals surface area contributed by atoms with Crippen molar-refractivity contribution in [3.05, 3.63) is 17.3 Å². The zero-order chi connectivity index (χ0) is 10.0. The molecule has 13 heavy (non-hydrogen) atoms. The van der Waals surface area contributed by atoms with Crippen molar-refractivity contribution in [1.82, 2.24) is 4.98 Å². The van der Waals surface area contributed by atoms with Crippen LogP contribution in [0.25, 0.3) is 0 Å². The van der Waals surface area contributed by atoms with E-state index in [4.69, 9.17) is 11.5 Å². The van der Waals surface area contributed by atoms with Crippen molar-refractivity contribution in [2.45, 2.75) is 6.43 Å². The smallest absolute Gasteiger partial charge is 0.280 e. The van der Waals surface area contributed by atoms with Crippen molar-refractivity contribution >= 4 is 17.8 Å². The summed E-state index contributed by atoms with van der Waals surface area (Å²) in [5.74, 6) is -0.273. The standard InChI is InChI=1S/C7H7F2N3O/c8-6(9)5-1-4(10)3(2-13)7(11)12-5/h1-2,6H,(H4,10,11,12). The maximum absolute atomic E-state index is 12.1. The van der Waals surface area contributed by atoms with Crippen LogP contribution in [0.1, 0.15) is 22.5 Å². The largest absolute Gasteiger partial charge is 0.398 e. The lowest BCUT2D eigenvalue weighted by atomic mass is 10.2.